The van der Waals surface area contributed by atoms with E-state index in [1.54, 1.807) is 0 Å². The van der Waals surface area contributed by atoms with Crippen molar-refractivity contribution in [2.75, 3.05) is 14.2 Å². The zero-order chi connectivity index (χ0) is 10.4. The minimum absolute atomic E-state index is 0.369. The normalized spacial score (nSPS) is 13.2. The van der Waals surface area contributed by atoms with Crippen molar-refractivity contribution >= 4 is 11.8 Å². The van der Waals surface area contributed by atoms with Gasteiger partial charge >= 0.3 is 5.97 Å². The van der Waals surface area contributed by atoms with Gasteiger partial charge in [-0.15, -0.1) is 0 Å². The Hall–Kier alpha value is -1.92. The number of nitrogens with two attached hydrogens (primary N) is 2. The second-order valence-electron chi connectivity index (χ2n) is 1.89. The molecule has 7 heteroatoms. The molecule has 7 nitrogen and oxygen atoms in total. The molecule has 0 unspecified atom stereocenters. The third-order valence-electron chi connectivity index (χ3n) is 1.19. The molecule has 0 bridgehead atoms. The molecule has 0 saturated heterocycles. The number of carbonyl (C=O) groups excluding carboxylic acids is 1. The first-order chi connectivity index (χ1) is 6.08. The fourth-order valence-corrected chi connectivity index (χ4v) is 0.570. The van der Waals surface area contributed by atoms with Gasteiger partial charge < -0.3 is 26.2 Å². The molecule has 0 aromatic rings. The number of nitrogens with zero attached hydrogens (tertiary/aromatic N) is 1. The maximum absolute atomic E-state index is 11.0. The van der Waals surface area contributed by atoms with Gasteiger partial charge in [0.05, 0.1) is 14.2 Å². The number of aliphatic hydroxyl groups is 1. The van der Waals surface area contributed by atoms with Gasteiger partial charge in [0.15, 0.2) is 11.4 Å². The first-order valence-electron chi connectivity index (χ1n) is 3.17. The van der Waals surface area contributed by atoms with Gasteiger partial charge in [-0.2, -0.15) is 5.10 Å². The molecular formula is C6H11N3O4. The topological polar surface area (TPSA) is 120 Å². The third kappa shape index (κ3) is 2.55. The van der Waals surface area contributed by atoms with E-state index in [9.17, 15) is 4.79 Å². The third-order valence-corrected chi connectivity index (χ3v) is 1.19. The van der Waals surface area contributed by atoms with E-state index in [1.165, 1.54) is 0 Å². The van der Waals surface area contributed by atoms with Crippen LogP contribution < -0.4 is 11.6 Å². The van der Waals surface area contributed by atoms with Gasteiger partial charge in [0, 0.05) is 0 Å². The molecule has 0 aliphatic rings. The van der Waals surface area contributed by atoms with E-state index in [0.29, 0.717) is 0 Å². The highest BCUT2D eigenvalue weighted by atomic mass is 16.6. The number of esters is 1. The Morgan fingerprint density at radius 3 is 2.23 bits per heavy atom. The van der Waals surface area contributed by atoms with E-state index in [-0.39, 0.29) is 5.84 Å². The van der Waals surface area contributed by atoms with Crippen LogP contribution in [0.15, 0.2) is 16.6 Å². The van der Waals surface area contributed by atoms with Gasteiger partial charge in [-0.25, -0.2) is 4.79 Å². The summed E-state index contributed by atoms with van der Waals surface area (Å²) in [5.41, 5.74) is 4.79. The number of hydrogen-bond donors (Lipinski definition) is 3. The monoisotopic (exact) mass is 189 g/mol. The summed E-state index contributed by atoms with van der Waals surface area (Å²) in [6, 6.07) is 0. The van der Waals surface area contributed by atoms with Crippen LogP contribution in [0.25, 0.3) is 0 Å². The van der Waals surface area contributed by atoms with Crippen LogP contribution in [0.4, 0.5) is 0 Å². The van der Waals surface area contributed by atoms with Gasteiger partial charge in [-0.05, 0) is 0 Å². The first-order valence-corrected chi connectivity index (χ1v) is 3.17. The molecule has 74 valence electrons. The van der Waals surface area contributed by atoms with E-state index >= 15 is 0 Å². The van der Waals surface area contributed by atoms with Crippen molar-refractivity contribution in [3.05, 3.63) is 11.5 Å². The summed E-state index contributed by atoms with van der Waals surface area (Å²) in [6.45, 7) is 0. The largest absolute Gasteiger partial charge is 0.480 e. The number of rotatable bonds is 3. The molecule has 0 amide bonds. The molecule has 13 heavy (non-hydrogen) atoms. The second-order valence-corrected chi connectivity index (χ2v) is 1.89. The number of ether oxygens (including phenoxy) is 2. The Morgan fingerprint density at radius 2 is 1.92 bits per heavy atom. The summed E-state index contributed by atoms with van der Waals surface area (Å²) < 4.78 is 8.68. The smallest absolute Gasteiger partial charge is 0.349 e. The lowest BCUT2D eigenvalue weighted by Crippen LogP contribution is -2.25. The average molecular weight is 189 g/mol. The van der Waals surface area contributed by atoms with Gasteiger partial charge in [0.25, 0.3) is 5.95 Å². The minimum Gasteiger partial charge on any atom is -0.480 e. The fourth-order valence-electron chi connectivity index (χ4n) is 0.570. The maximum Gasteiger partial charge on any atom is 0.349 e. The summed E-state index contributed by atoms with van der Waals surface area (Å²) in [5, 5.41) is 12.1. The molecule has 0 fully saturated rings. The molecule has 0 saturated carbocycles. The number of hydrogen-bond acceptors (Lipinski definition) is 6. The van der Waals surface area contributed by atoms with Gasteiger partial charge in [0.1, 0.15) is 0 Å². The van der Waals surface area contributed by atoms with Crippen LogP contribution in [-0.4, -0.2) is 31.1 Å². The zero-order valence-electron chi connectivity index (χ0n) is 7.27. The van der Waals surface area contributed by atoms with Crippen molar-refractivity contribution in [2.45, 2.75) is 0 Å². The Bertz CT molecular complexity index is 259. The number of amidine groups is 1. The lowest BCUT2D eigenvalue weighted by Gasteiger charge is -2.05. The first kappa shape index (κ1) is 11.1. The molecule has 0 radical (unpaired) electrons. The Balaban J connectivity index is 5.10. The van der Waals surface area contributed by atoms with Crippen molar-refractivity contribution in [3.63, 3.8) is 0 Å². The Morgan fingerprint density at radius 1 is 1.38 bits per heavy atom. The molecule has 0 aromatic carbocycles. The molecule has 0 aliphatic heterocycles. The molecule has 0 aromatic heterocycles. The van der Waals surface area contributed by atoms with E-state index in [1.807, 2.05) is 0 Å². The van der Waals surface area contributed by atoms with Crippen molar-refractivity contribution in [1.29, 1.82) is 0 Å². The van der Waals surface area contributed by atoms with E-state index in [2.05, 4.69) is 14.6 Å². The number of aliphatic hydroxyl groups excluding tert-OH is 1. The minimum atomic E-state index is -0.883. The number of carbonyl (C=O) groups is 1. The molecule has 5 N–H and O–H groups in total. The van der Waals surface area contributed by atoms with Gasteiger partial charge in [-0.3, -0.25) is 0 Å². The van der Waals surface area contributed by atoms with Crippen molar-refractivity contribution in [2.24, 2.45) is 16.7 Å². The highest BCUT2D eigenvalue weighted by molar-refractivity contribution is 6.18. The van der Waals surface area contributed by atoms with Crippen molar-refractivity contribution < 1.29 is 19.4 Å². The predicted molar refractivity (Wildman–Crippen MR) is 44.5 cm³/mol. The molecular weight excluding hydrogens is 178 g/mol. The lowest BCUT2D eigenvalue weighted by atomic mass is 10.2. The summed E-state index contributed by atoms with van der Waals surface area (Å²) in [7, 11) is 2.27. The second kappa shape index (κ2) is 4.86. The van der Waals surface area contributed by atoms with Crippen LogP contribution in [0.1, 0.15) is 0 Å². The van der Waals surface area contributed by atoms with E-state index in [4.69, 9.17) is 16.7 Å². The molecule has 0 aliphatic carbocycles. The van der Waals surface area contributed by atoms with E-state index < -0.39 is 17.5 Å². The van der Waals surface area contributed by atoms with Crippen molar-refractivity contribution in [1.82, 2.24) is 0 Å². The SMILES string of the molecule is COC(=O)C(/C(N)=N/N)=C(\O)OC. The quantitative estimate of drug-likeness (QED) is 0.0975. The summed E-state index contributed by atoms with van der Waals surface area (Å²) in [4.78, 5) is 11.0. The average Bonchev–Trinajstić information content (AvgIpc) is 2.16. The van der Waals surface area contributed by atoms with Crippen LogP contribution in [0.3, 0.4) is 0 Å². The summed E-state index contributed by atoms with van der Waals surface area (Å²) >= 11 is 0. The number of methoxy groups -OCH3 is 2. The van der Waals surface area contributed by atoms with E-state index in [0.717, 1.165) is 14.2 Å². The summed E-state index contributed by atoms with van der Waals surface area (Å²) in [6.07, 6.45) is 0. The standard InChI is InChI=1S/C6H11N3O4/c1-12-5(10)3(4(7)9-8)6(11)13-2/h10H,8H2,1-2H3,(H2,7,9)/b5-3+. The van der Waals surface area contributed by atoms with Gasteiger partial charge in [-0.1, -0.05) is 0 Å². The van der Waals surface area contributed by atoms with Crippen LogP contribution in [0, 0.1) is 0 Å². The predicted octanol–water partition coefficient (Wildman–Crippen LogP) is -1.19. The van der Waals surface area contributed by atoms with Crippen molar-refractivity contribution in [3.8, 4) is 0 Å². The van der Waals surface area contributed by atoms with Gasteiger partial charge in [0.2, 0.25) is 0 Å². The summed E-state index contributed by atoms with van der Waals surface area (Å²) in [5.74, 6) is 2.86. The molecule has 0 rings (SSSR count). The van der Waals surface area contributed by atoms with Crippen LogP contribution in [0.5, 0.6) is 0 Å². The maximum atomic E-state index is 11.0. The fraction of sp³-hybridized carbons (Fsp3) is 0.333. The van der Waals surface area contributed by atoms with Crippen LogP contribution in [0.2, 0.25) is 0 Å². The van der Waals surface area contributed by atoms with Crippen LogP contribution >= 0.6 is 0 Å². The van der Waals surface area contributed by atoms with Crippen LogP contribution in [-0.2, 0) is 14.3 Å². The zero-order valence-corrected chi connectivity index (χ0v) is 7.27. The molecule has 0 spiro atoms. The highest BCUT2D eigenvalue weighted by Crippen LogP contribution is 2.04. The lowest BCUT2D eigenvalue weighted by molar-refractivity contribution is -0.136. The number of hydrazone groups is 1. The highest BCUT2D eigenvalue weighted by Gasteiger charge is 2.21. The molecule has 0 atom stereocenters. The Kier molecular flexibility index (Phi) is 4.14. The Labute approximate surface area is 74.6 Å². The molecule has 0 heterocycles.